The van der Waals surface area contributed by atoms with E-state index in [1.807, 2.05) is 24.3 Å². The number of hydrogen-bond acceptors (Lipinski definition) is 3. The minimum Gasteiger partial charge on any atom is -0.409 e. The zero-order valence-corrected chi connectivity index (χ0v) is 10.1. The number of benzene rings is 1. The fourth-order valence-electron chi connectivity index (χ4n) is 1.87. The zero-order chi connectivity index (χ0) is 13.0. The molecule has 1 aromatic carbocycles. The van der Waals surface area contributed by atoms with E-state index in [4.69, 9.17) is 10.9 Å². The van der Waals surface area contributed by atoms with Gasteiger partial charge in [-0.25, -0.2) is 0 Å². The highest BCUT2D eigenvalue weighted by Gasteiger charge is 2.24. The molecule has 18 heavy (non-hydrogen) atoms. The van der Waals surface area contributed by atoms with Crippen LogP contribution in [0.5, 0.6) is 0 Å². The summed E-state index contributed by atoms with van der Waals surface area (Å²) in [6, 6.07) is 7.37. The molecule has 4 N–H and O–H groups in total. The Balaban J connectivity index is 1.92. The van der Waals surface area contributed by atoms with Crippen LogP contribution in [0.3, 0.4) is 0 Å². The fourth-order valence-corrected chi connectivity index (χ4v) is 1.87. The Kier molecular flexibility index (Phi) is 3.82. The largest absolute Gasteiger partial charge is 0.409 e. The maximum atomic E-state index is 11.7. The third-order valence-electron chi connectivity index (χ3n) is 3.21. The van der Waals surface area contributed by atoms with Crippen LogP contribution < -0.4 is 11.1 Å². The molecule has 0 radical (unpaired) electrons. The molecular formula is C13H17N3O2. The molecule has 1 aliphatic carbocycles. The third kappa shape index (κ3) is 3.00. The first-order valence-electron chi connectivity index (χ1n) is 6.05. The summed E-state index contributed by atoms with van der Waals surface area (Å²) in [5, 5.41) is 14.3. The monoisotopic (exact) mass is 247 g/mol. The minimum absolute atomic E-state index is 0.102. The normalized spacial score (nSPS) is 16.1. The van der Waals surface area contributed by atoms with Gasteiger partial charge in [-0.05, 0) is 30.5 Å². The van der Waals surface area contributed by atoms with E-state index in [2.05, 4.69) is 10.5 Å². The first-order chi connectivity index (χ1) is 8.69. The van der Waals surface area contributed by atoms with Gasteiger partial charge in [0.05, 0.1) is 0 Å². The molecular weight excluding hydrogens is 230 g/mol. The highest BCUT2D eigenvalue weighted by molar-refractivity contribution is 5.93. The Bertz CT molecular complexity index is 450. The lowest BCUT2D eigenvalue weighted by Gasteiger charge is -2.24. The number of nitrogens with two attached hydrogens (primary N) is 1. The maximum Gasteiger partial charge on any atom is 0.227 e. The standard InChI is InChI=1S/C13H17N3O2/c14-12(16-18)8-9-4-6-11(7-5-9)15-13(17)10-2-1-3-10/h4-7,10,18H,1-3,8H2,(H2,14,16)(H,15,17). The quantitative estimate of drug-likeness (QED) is 0.327. The smallest absolute Gasteiger partial charge is 0.227 e. The van der Waals surface area contributed by atoms with Crippen LogP contribution >= 0.6 is 0 Å². The van der Waals surface area contributed by atoms with Gasteiger partial charge < -0.3 is 16.3 Å². The summed E-state index contributed by atoms with van der Waals surface area (Å²) in [6.07, 6.45) is 3.53. The van der Waals surface area contributed by atoms with Crippen LogP contribution in [0, 0.1) is 5.92 Å². The lowest BCUT2D eigenvalue weighted by molar-refractivity contribution is -0.122. The van der Waals surface area contributed by atoms with Gasteiger partial charge in [-0.1, -0.05) is 23.7 Å². The number of amidine groups is 1. The highest BCUT2D eigenvalue weighted by Crippen LogP contribution is 2.27. The molecule has 0 saturated heterocycles. The molecule has 1 fully saturated rings. The van der Waals surface area contributed by atoms with Gasteiger partial charge in [-0.15, -0.1) is 0 Å². The lowest BCUT2D eigenvalue weighted by atomic mass is 9.85. The summed E-state index contributed by atoms with van der Waals surface area (Å²) < 4.78 is 0. The van der Waals surface area contributed by atoms with Gasteiger partial charge >= 0.3 is 0 Å². The predicted octanol–water partition coefficient (Wildman–Crippen LogP) is 1.71. The van der Waals surface area contributed by atoms with E-state index in [0.29, 0.717) is 6.42 Å². The molecule has 0 spiro atoms. The molecule has 1 aliphatic rings. The summed E-state index contributed by atoms with van der Waals surface area (Å²) in [5.74, 6) is 0.452. The summed E-state index contributed by atoms with van der Waals surface area (Å²) in [4.78, 5) is 11.7. The predicted molar refractivity (Wildman–Crippen MR) is 69.5 cm³/mol. The SMILES string of the molecule is NC(Cc1ccc(NC(=O)C2CCC2)cc1)=NO. The number of carbonyl (C=O) groups excluding carboxylic acids is 1. The lowest BCUT2D eigenvalue weighted by Crippen LogP contribution is -2.28. The molecule has 5 heteroatoms. The van der Waals surface area contributed by atoms with Crippen LogP contribution in [-0.4, -0.2) is 17.0 Å². The van der Waals surface area contributed by atoms with Gasteiger partial charge in [-0.3, -0.25) is 4.79 Å². The second-order valence-electron chi connectivity index (χ2n) is 4.58. The Labute approximate surface area is 106 Å². The maximum absolute atomic E-state index is 11.7. The van der Waals surface area contributed by atoms with Crippen molar-refractivity contribution in [3.05, 3.63) is 29.8 Å². The molecule has 1 aromatic rings. The van der Waals surface area contributed by atoms with Crippen molar-refractivity contribution < 1.29 is 10.0 Å². The summed E-state index contributed by atoms with van der Waals surface area (Å²) >= 11 is 0. The van der Waals surface area contributed by atoms with Gasteiger partial charge in [0.25, 0.3) is 0 Å². The third-order valence-corrected chi connectivity index (χ3v) is 3.21. The Morgan fingerprint density at radius 2 is 2.06 bits per heavy atom. The van der Waals surface area contributed by atoms with E-state index < -0.39 is 0 Å². The van der Waals surface area contributed by atoms with Crippen molar-refractivity contribution >= 4 is 17.4 Å². The molecule has 1 saturated carbocycles. The van der Waals surface area contributed by atoms with E-state index in [9.17, 15) is 4.79 Å². The average molecular weight is 247 g/mol. The second-order valence-corrected chi connectivity index (χ2v) is 4.58. The molecule has 0 atom stereocenters. The van der Waals surface area contributed by atoms with E-state index in [0.717, 1.165) is 30.5 Å². The van der Waals surface area contributed by atoms with Crippen molar-refractivity contribution in [1.29, 1.82) is 0 Å². The van der Waals surface area contributed by atoms with Crippen molar-refractivity contribution in [2.75, 3.05) is 5.32 Å². The molecule has 2 rings (SSSR count). The highest BCUT2D eigenvalue weighted by atomic mass is 16.4. The number of hydrogen-bond donors (Lipinski definition) is 3. The molecule has 96 valence electrons. The van der Waals surface area contributed by atoms with Gasteiger partial charge in [0, 0.05) is 18.0 Å². The fraction of sp³-hybridized carbons (Fsp3) is 0.385. The van der Waals surface area contributed by atoms with Crippen LogP contribution in [0.2, 0.25) is 0 Å². The van der Waals surface area contributed by atoms with Gasteiger partial charge in [-0.2, -0.15) is 0 Å². The first-order valence-corrected chi connectivity index (χ1v) is 6.05. The van der Waals surface area contributed by atoms with Gasteiger partial charge in [0.2, 0.25) is 5.91 Å². The molecule has 0 unspecified atom stereocenters. The number of anilines is 1. The summed E-state index contributed by atoms with van der Waals surface area (Å²) in [6.45, 7) is 0. The molecule has 1 amide bonds. The first kappa shape index (κ1) is 12.4. The van der Waals surface area contributed by atoms with Crippen LogP contribution in [0.1, 0.15) is 24.8 Å². The Hall–Kier alpha value is -2.04. The molecule has 0 aromatic heterocycles. The number of rotatable bonds is 4. The van der Waals surface area contributed by atoms with Gasteiger partial charge in [0.1, 0.15) is 5.84 Å². The van der Waals surface area contributed by atoms with Crippen LogP contribution in [0.15, 0.2) is 29.4 Å². The van der Waals surface area contributed by atoms with Crippen molar-refractivity contribution in [2.45, 2.75) is 25.7 Å². The van der Waals surface area contributed by atoms with E-state index in [-0.39, 0.29) is 17.7 Å². The van der Waals surface area contributed by atoms with Crippen molar-refractivity contribution in [3.8, 4) is 0 Å². The van der Waals surface area contributed by atoms with E-state index >= 15 is 0 Å². The topological polar surface area (TPSA) is 87.7 Å². The van der Waals surface area contributed by atoms with E-state index in [1.165, 1.54) is 0 Å². The summed E-state index contributed by atoms with van der Waals surface area (Å²) in [5.41, 5.74) is 7.14. The molecule has 0 aliphatic heterocycles. The number of nitrogens with one attached hydrogen (secondary N) is 1. The van der Waals surface area contributed by atoms with Crippen molar-refractivity contribution in [1.82, 2.24) is 0 Å². The van der Waals surface area contributed by atoms with Crippen molar-refractivity contribution in [3.63, 3.8) is 0 Å². The van der Waals surface area contributed by atoms with E-state index in [1.54, 1.807) is 0 Å². The number of oxime groups is 1. The van der Waals surface area contributed by atoms with Gasteiger partial charge in [0.15, 0.2) is 0 Å². The summed E-state index contributed by atoms with van der Waals surface area (Å²) in [7, 11) is 0. The Morgan fingerprint density at radius 1 is 1.39 bits per heavy atom. The van der Waals surface area contributed by atoms with Crippen LogP contribution in [-0.2, 0) is 11.2 Å². The average Bonchev–Trinajstić information content (AvgIpc) is 2.29. The second kappa shape index (κ2) is 5.53. The minimum atomic E-state index is 0.102. The Morgan fingerprint density at radius 3 is 2.56 bits per heavy atom. The zero-order valence-electron chi connectivity index (χ0n) is 10.1. The molecule has 0 bridgehead atoms. The number of amides is 1. The number of nitrogens with zero attached hydrogens (tertiary/aromatic N) is 1. The van der Waals surface area contributed by atoms with Crippen LogP contribution in [0.25, 0.3) is 0 Å². The number of carbonyl (C=O) groups is 1. The molecule has 5 nitrogen and oxygen atoms in total. The van der Waals surface area contributed by atoms with Crippen molar-refractivity contribution in [2.24, 2.45) is 16.8 Å². The van der Waals surface area contributed by atoms with Crippen LogP contribution in [0.4, 0.5) is 5.69 Å². The molecule has 0 heterocycles.